The summed E-state index contributed by atoms with van der Waals surface area (Å²) in [5.41, 5.74) is 0.936. The van der Waals surface area contributed by atoms with Gasteiger partial charge in [0.05, 0.1) is 0 Å². The van der Waals surface area contributed by atoms with Crippen LogP contribution in [-0.2, 0) is 6.42 Å². The van der Waals surface area contributed by atoms with E-state index in [2.05, 4.69) is 34.3 Å². The minimum atomic E-state index is -0.332. The molecule has 0 saturated carbocycles. The Labute approximate surface area is 99.7 Å². The zero-order chi connectivity index (χ0) is 12.1. The van der Waals surface area contributed by atoms with E-state index in [4.69, 9.17) is 0 Å². The first kappa shape index (κ1) is 11.4. The highest BCUT2D eigenvalue weighted by molar-refractivity contribution is 5.33. The molecule has 0 radical (unpaired) electrons. The van der Waals surface area contributed by atoms with Crippen LogP contribution in [-0.4, -0.2) is 16.0 Å². The summed E-state index contributed by atoms with van der Waals surface area (Å²) in [7, 11) is 0. The first-order valence-corrected chi connectivity index (χ1v) is 5.60. The first-order valence-electron chi connectivity index (χ1n) is 5.60. The lowest BCUT2D eigenvalue weighted by molar-refractivity contribution is 0.782. The Kier molecular flexibility index (Phi) is 3.55. The number of nitrogens with one attached hydrogen (secondary N) is 2. The molecule has 1 unspecified atom stereocenters. The van der Waals surface area contributed by atoms with Crippen LogP contribution in [0.4, 0.5) is 5.82 Å². The molecule has 88 valence electrons. The number of hydrogen-bond donors (Lipinski definition) is 2. The van der Waals surface area contributed by atoms with Crippen molar-refractivity contribution in [2.75, 3.05) is 5.32 Å². The van der Waals surface area contributed by atoms with Crippen molar-refractivity contribution in [3.8, 4) is 0 Å². The number of anilines is 1. The van der Waals surface area contributed by atoms with Crippen LogP contribution >= 0.6 is 0 Å². The largest absolute Gasteiger partial charge is 0.369 e. The molecule has 4 heteroatoms. The molecular weight excluding hydrogens is 214 g/mol. The number of rotatable bonds is 4. The maximum Gasteiger partial charge on any atom is 0.346 e. The van der Waals surface area contributed by atoms with E-state index in [0.717, 1.165) is 6.42 Å². The monoisotopic (exact) mass is 229 g/mol. The van der Waals surface area contributed by atoms with Crippen LogP contribution in [0, 0.1) is 0 Å². The second-order valence-electron chi connectivity index (χ2n) is 4.02. The third kappa shape index (κ3) is 3.45. The summed E-state index contributed by atoms with van der Waals surface area (Å²) in [4.78, 5) is 17.2. The van der Waals surface area contributed by atoms with E-state index in [1.165, 1.54) is 11.8 Å². The predicted octanol–water partition coefficient (Wildman–Crippen LogP) is 1.81. The lowest BCUT2D eigenvalue weighted by Crippen LogP contribution is -2.21. The summed E-state index contributed by atoms with van der Waals surface area (Å²) in [6, 6.07) is 12.2. The summed E-state index contributed by atoms with van der Waals surface area (Å²) in [5.74, 6) is 0.702. The molecule has 4 nitrogen and oxygen atoms in total. The smallest absolute Gasteiger partial charge is 0.346 e. The van der Waals surface area contributed by atoms with Gasteiger partial charge in [0.25, 0.3) is 0 Å². The topological polar surface area (TPSA) is 57.8 Å². The maximum absolute atomic E-state index is 11.0. The van der Waals surface area contributed by atoms with E-state index in [9.17, 15) is 4.79 Å². The number of hydrogen-bond acceptors (Lipinski definition) is 3. The summed E-state index contributed by atoms with van der Waals surface area (Å²) in [6.07, 6.45) is 2.40. The number of H-pyrrole nitrogens is 1. The molecule has 2 aromatic rings. The Bertz CT molecular complexity index is 521. The summed E-state index contributed by atoms with van der Waals surface area (Å²) >= 11 is 0. The van der Waals surface area contributed by atoms with Crippen LogP contribution in [0.25, 0.3) is 0 Å². The Morgan fingerprint density at radius 1 is 1.29 bits per heavy atom. The zero-order valence-electron chi connectivity index (χ0n) is 9.68. The molecule has 1 heterocycles. The Balaban J connectivity index is 1.98. The molecule has 0 aliphatic heterocycles. The number of aromatic amines is 1. The number of nitrogens with zero attached hydrogens (tertiary/aromatic N) is 1. The van der Waals surface area contributed by atoms with Crippen LogP contribution in [0.5, 0.6) is 0 Å². The molecule has 0 aliphatic rings. The van der Waals surface area contributed by atoms with Gasteiger partial charge in [-0.25, -0.2) is 9.78 Å². The van der Waals surface area contributed by atoms with Crippen molar-refractivity contribution in [1.29, 1.82) is 0 Å². The van der Waals surface area contributed by atoms with Crippen molar-refractivity contribution in [3.05, 3.63) is 58.6 Å². The van der Waals surface area contributed by atoms with Crippen molar-refractivity contribution in [3.63, 3.8) is 0 Å². The molecule has 1 aromatic carbocycles. The minimum Gasteiger partial charge on any atom is -0.369 e. The van der Waals surface area contributed by atoms with Crippen LogP contribution in [0.2, 0.25) is 0 Å². The fraction of sp³-hybridized carbons (Fsp3) is 0.231. The lowest BCUT2D eigenvalue weighted by atomic mass is 10.1. The van der Waals surface area contributed by atoms with Gasteiger partial charge in [-0.3, -0.25) is 4.98 Å². The maximum atomic E-state index is 11.0. The van der Waals surface area contributed by atoms with E-state index >= 15 is 0 Å². The van der Waals surface area contributed by atoms with Crippen LogP contribution in [0.3, 0.4) is 0 Å². The van der Waals surface area contributed by atoms with Gasteiger partial charge in [-0.2, -0.15) is 0 Å². The molecule has 0 fully saturated rings. The van der Waals surface area contributed by atoms with Gasteiger partial charge in [-0.1, -0.05) is 30.3 Å². The fourth-order valence-corrected chi connectivity index (χ4v) is 1.74. The summed E-state index contributed by atoms with van der Waals surface area (Å²) in [5, 5.41) is 3.24. The molecule has 1 aromatic heterocycles. The first-order chi connectivity index (χ1) is 8.24. The Morgan fingerprint density at radius 2 is 2.06 bits per heavy atom. The number of aromatic nitrogens is 2. The van der Waals surface area contributed by atoms with E-state index < -0.39 is 0 Å². The zero-order valence-corrected chi connectivity index (χ0v) is 9.68. The second kappa shape index (κ2) is 5.30. The van der Waals surface area contributed by atoms with Gasteiger partial charge in [0.15, 0.2) is 0 Å². The van der Waals surface area contributed by atoms with Crippen molar-refractivity contribution < 1.29 is 0 Å². The van der Waals surface area contributed by atoms with E-state index in [1.807, 2.05) is 18.2 Å². The molecule has 0 spiro atoms. The lowest BCUT2D eigenvalue weighted by Gasteiger charge is -2.14. The van der Waals surface area contributed by atoms with Crippen molar-refractivity contribution >= 4 is 5.82 Å². The highest BCUT2D eigenvalue weighted by Gasteiger charge is 2.03. The molecule has 2 rings (SSSR count). The molecule has 2 N–H and O–H groups in total. The van der Waals surface area contributed by atoms with Gasteiger partial charge in [-0.05, 0) is 25.0 Å². The summed E-state index contributed by atoms with van der Waals surface area (Å²) < 4.78 is 0. The van der Waals surface area contributed by atoms with Gasteiger partial charge in [0.2, 0.25) is 0 Å². The molecule has 0 aliphatic carbocycles. The summed E-state index contributed by atoms with van der Waals surface area (Å²) in [6.45, 7) is 2.08. The SMILES string of the molecule is CC(Cc1ccccc1)Nc1ccnc(=O)[nH]1. The molecule has 17 heavy (non-hydrogen) atoms. The predicted molar refractivity (Wildman–Crippen MR) is 68.1 cm³/mol. The van der Waals surface area contributed by atoms with Crippen LogP contribution < -0.4 is 11.0 Å². The molecule has 0 bridgehead atoms. The van der Waals surface area contributed by atoms with Gasteiger partial charge >= 0.3 is 5.69 Å². The third-order valence-corrected chi connectivity index (χ3v) is 2.46. The van der Waals surface area contributed by atoms with Crippen molar-refractivity contribution in [1.82, 2.24) is 9.97 Å². The average Bonchev–Trinajstić information content (AvgIpc) is 2.30. The van der Waals surface area contributed by atoms with Gasteiger partial charge in [-0.15, -0.1) is 0 Å². The van der Waals surface area contributed by atoms with Crippen LogP contribution in [0.15, 0.2) is 47.4 Å². The molecule has 0 saturated heterocycles. The van der Waals surface area contributed by atoms with Crippen LogP contribution in [0.1, 0.15) is 12.5 Å². The highest BCUT2D eigenvalue weighted by atomic mass is 16.1. The normalized spacial score (nSPS) is 12.1. The van der Waals surface area contributed by atoms with Crippen molar-refractivity contribution in [2.45, 2.75) is 19.4 Å². The average molecular weight is 229 g/mol. The molecule has 0 amide bonds. The van der Waals surface area contributed by atoms with Gasteiger partial charge in [0.1, 0.15) is 5.82 Å². The van der Waals surface area contributed by atoms with E-state index in [0.29, 0.717) is 5.82 Å². The third-order valence-electron chi connectivity index (χ3n) is 2.46. The van der Waals surface area contributed by atoms with Crippen molar-refractivity contribution in [2.24, 2.45) is 0 Å². The Hall–Kier alpha value is -2.10. The molecular formula is C13H15N3O. The minimum absolute atomic E-state index is 0.246. The van der Waals surface area contributed by atoms with Gasteiger partial charge < -0.3 is 5.32 Å². The second-order valence-corrected chi connectivity index (χ2v) is 4.02. The fourth-order valence-electron chi connectivity index (χ4n) is 1.74. The standard InChI is InChI=1S/C13H15N3O/c1-10(9-11-5-3-2-4-6-11)15-12-7-8-14-13(17)16-12/h2-8,10H,9H2,1H3,(H2,14,15,16,17). The number of benzene rings is 1. The molecule has 1 atom stereocenters. The highest BCUT2D eigenvalue weighted by Crippen LogP contribution is 2.06. The van der Waals surface area contributed by atoms with E-state index in [-0.39, 0.29) is 11.7 Å². The van der Waals surface area contributed by atoms with Gasteiger partial charge in [0, 0.05) is 12.2 Å². The van der Waals surface area contributed by atoms with E-state index in [1.54, 1.807) is 6.07 Å². The quantitative estimate of drug-likeness (QED) is 0.840. The Morgan fingerprint density at radius 3 is 2.76 bits per heavy atom.